The highest BCUT2D eigenvalue weighted by atomic mass is 35.5. The van der Waals surface area contributed by atoms with Crippen molar-refractivity contribution < 1.29 is 19.0 Å². The van der Waals surface area contributed by atoms with Crippen molar-refractivity contribution in [2.45, 2.75) is 0 Å². The summed E-state index contributed by atoms with van der Waals surface area (Å²) in [7, 11) is 0. The Morgan fingerprint density at radius 2 is 2.00 bits per heavy atom. The average Bonchev–Trinajstić information content (AvgIpc) is 2.36. The lowest BCUT2D eigenvalue weighted by Crippen LogP contribution is -1.99. The molecule has 6 heteroatoms. The van der Waals surface area contributed by atoms with Crippen LogP contribution in [-0.4, -0.2) is 11.1 Å². The summed E-state index contributed by atoms with van der Waals surface area (Å²) in [6, 6.07) is 7.87. The van der Waals surface area contributed by atoms with Gasteiger partial charge in [0.1, 0.15) is 11.6 Å². The van der Waals surface area contributed by atoms with Crippen molar-refractivity contribution in [3.05, 3.63) is 52.8 Å². The zero-order valence-corrected chi connectivity index (χ0v) is 10.3. The second-order valence-electron chi connectivity index (χ2n) is 3.74. The van der Waals surface area contributed by atoms with Gasteiger partial charge in [-0.15, -0.1) is 0 Å². The highest BCUT2D eigenvalue weighted by Crippen LogP contribution is 2.30. The fourth-order valence-corrected chi connectivity index (χ4v) is 1.59. The van der Waals surface area contributed by atoms with Gasteiger partial charge in [0.15, 0.2) is 5.75 Å². The molecule has 0 fully saturated rings. The summed E-state index contributed by atoms with van der Waals surface area (Å²) in [6.45, 7) is 0. The maximum atomic E-state index is 13.0. The van der Waals surface area contributed by atoms with Crippen molar-refractivity contribution in [3.63, 3.8) is 0 Å². The molecule has 0 saturated heterocycles. The lowest BCUT2D eigenvalue weighted by atomic mass is 10.2. The molecule has 2 rings (SSSR count). The largest absolute Gasteiger partial charge is 0.478 e. The molecule has 2 aromatic carbocycles. The molecule has 98 valence electrons. The van der Waals surface area contributed by atoms with Gasteiger partial charge in [-0.2, -0.15) is 0 Å². The summed E-state index contributed by atoms with van der Waals surface area (Å²) in [5.41, 5.74) is 5.99. The standard InChI is InChI=1S/C13H9ClFNO3/c14-9-6-8(2-3-10(9)15)19-12-5-7(13(17)18)1-4-11(12)16/h1-6H,16H2,(H,17,18). The third kappa shape index (κ3) is 2.95. The molecule has 0 saturated carbocycles. The topological polar surface area (TPSA) is 72.6 Å². The van der Waals surface area contributed by atoms with Gasteiger partial charge in [0.25, 0.3) is 0 Å². The molecule has 0 atom stereocenters. The van der Waals surface area contributed by atoms with Crippen LogP contribution in [0.4, 0.5) is 10.1 Å². The number of nitrogens with two attached hydrogens (primary N) is 1. The molecule has 0 aliphatic carbocycles. The minimum absolute atomic E-state index is 0.0393. The van der Waals surface area contributed by atoms with E-state index in [0.29, 0.717) is 0 Å². The average molecular weight is 282 g/mol. The lowest BCUT2D eigenvalue weighted by Gasteiger charge is -2.09. The van der Waals surface area contributed by atoms with Crippen molar-refractivity contribution in [2.75, 3.05) is 5.73 Å². The van der Waals surface area contributed by atoms with E-state index in [1.54, 1.807) is 0 Å². The number of aromatic carboxylic acids is 1. The Morgan fingerprint density at radius 3 is 2.63 bits per heavy atom. The number of carboxylic acid groups (broad SMARTS) is 1. The molecule has 4 nitrogen and oxygen atoms in total. The van der Waals surface area contributed by atoms with E-state index in [2.05, 4.69) is 0 Å². The zero-order valence-electron chi connectivity index (χ0n) is 9.56. The number of anilines is 1. The van der Waals surface area contributed by atoms with Crippen LogP contribution < -0.4 is 10.5 Å². The van der Waals surface area contributed by atoms with E-state index >= 15 is 0 Å². The van der Waals surface area contributed by atoms with E-state index < -0.39 is 11.8 Å². The highest BCUT2D eigenvalue weighted by Gasteiger charge is 2.09. The van der Waals surface area contributed by atoms with Crippen molar-refractivity contribution in [2.24, 2.45) is 0 Å². The van der Waals surface area contributed by atoms with Crippen LogP contribution in [0.1, 0.15) is 10.4 Å². The van der Waals surface area contributed by atoms with Gasteiger partial charge < -0.3 is 15.6 Å². The molecule has 0 aliphatic rings. The first-order valence-electron chi connectivity index (χ1n) is 5.23. The first kappa shape index (κ1) is 13.2. The van der Waals surface area contributed by atoms with Gasteiger partial charge in [0, 0.05) is 6.07 Å². The Morgan fingerprint density at radius 1 is 1.26 bits per heavy atom. The molecule has 0 amide bonds. The van der Waals surface area contributed by atoms with Gasteiger partial charge in [0.2, 0.25) is 0 Å². The maximum absolute atomic E-state index is 13.0. The number of carbonyl (C=O) groups is 1. The molecule has 0 aromatic heterocycles. The molecule has 2 aromatic rings. The molecule has 0 unspecified atom stereocenters. The minimum Gasteiger partial charge on any atom is -0.478 e. The Kier molecular flexibility index (Phi) is 3.57. The fraction of sp³-hybridized carbons (Fsp3) is 0. The van der Waals surface area contributed by atoms with E-state index in [-0.39, 0.29) is 27.8 Å². The van der Waals surface area contributed by atoms with Crippen molar-refractivity contribution in [1.29, 1.82) is 0 Å². The first-order valence-corrected chi connectivity index (χ1v) is 5.61. The first-order chi connectivity index (χ1) is 8.97. The van der Waals surface area contributed by atoms with Crippen LogP contribution in [0.2, 0.25) is 5.02 Å². The normalized spacial score (nSPS) is 10.2. The van der Waals surface area contributed by atoms with Gasteiger partial charge in [-0.05, 0) is 30.3 Å². The monoisotopic (exact) mass is 281 g/mol. The number of hydrogen-bond donors (Lipinski definition) is 2. The van der Waals surface area contributed by atoms with Gasteiger partial charge in [0.05, 0.1) is 16.3 Å². The summed E-state index contributed by atoms with van der Waals surface area (Å²) in [6.07, 6.45) is 0. The second-order valence-corrected chi connectivity index (χ2v) is 4.14. The zero-order chi connectivity index (χ0) is 14.0. The van der Waals surface area contributed by atoms with E-state index in [1.807, 2.05) is 0 Å². The Labute approximate surface area is 113 Å². The summed E-state index contributed by atoms with van der Waals surface area (Å²) in [5, 5.41) is 8.79. The molecular weight excluding hydrogens is 273 g/mol. The van der Waals surface area contributed by atoms with E-state index in [9.17, 15) is 9.18 Å². The van der Waals surface area contributed by atoms with Crippen LogP contribution >= 0.6 is 11.6 Å². The molecule has 0 heterocycles. The van der Waals surface area contributed by atoms with Gasteiger partial charge in [-0.1, -0.05) is 11.6 Å². The van der Waals surface area contributed by atoms with Gasteiger partial charge >= 0.3 is 5.97 Å². The molecular formula is C13H9ClFNO3. The van der Waals surface area contributed by atoms with Crippen LogP contribution in [0.15, 0.2) is 36.4 Å². The number of halogens is 2. The van der Waals surface area contributed by atoms with Crippen LogP contribution in [0.25, 0.3) is 0 Å². The van der Waals surface area contributed by atoms with Crippen LogP contribution in [-0.2, 0) is 0 Å². The molecule has 0 bridgehead atoms. The molecule has 0 radical (unpaired) electrons. The summed E-state index contributed by atoms with van der Waals surface area (Å²) in [4.78, 5) is 10.8. The van der Waals surface area contributed by atoms with Crippen LogP contribution in [0.3, 0.4) is 0 Å². The maximum Gasteiger partial charge on any atom is 0.335 e. The second kappa shape index (κ2) is 5.16. The third-order valence-electron chi connectivity index (χ3n) is 2.38. The van der Waals surface area contributed by atoms with Crippen molar-refractivity contribution in [3.8, 4) is 11.5 Å². The molecule has 0 aliphatic heterocycles. The van der Waals surface area contributed by atoms with Crippen LogP contribution in [0.5, 0.6) is 11.5 Å². The van der Waals surface area contributed by atoms with Crippen molar-refractivity contribution in [1.82, 2.24) is 0 Å². The van der Waals surface area contributed by atoms with E-state index in [4.69, 9.17) is 27.2 Å². The SMILES string of the molecule is Nc1ccc(C(=O)O)cc1Oc1ccc(F)c(Cl)c1. The Balaban J connectivity index is 2.34. The number of benzene rings is 2. The lowest BCUT2D eigenvalue weighted by molar-refractivity contribution is 0.0696. The summed E-state index contributed by atoms with van der Waals surface area (Å²) >= 11 is 5.62. The highest BCUT2D eigenvalue weighted by molar-refractivity contribution is 6.30. The smallest absolute Gasteiger partial charge is 0.335 e. The van der Waals surface area contributed by atoms with Gasteiger partial charge in [-0.25, -0.2) is 9.18 Å². The molecule has 0 spiro atoms. The third-order valence-corrected chi connectivity index (χ3v) is 2.67. The molecule has 19 heavy (non-hydrogen) atoms. The Bertz CT molecular complexity index is 646. The number of rotatable bonds is 3. The predicted octanol–water partition coefficient (Wildman–Crippen LogP) is 3.55. The predicted molar refractivity (Wildman–Crippen MR) is 69.3 cm³/mol. The quantitative estimate of drug-likeness (QED) is 0.844. The number of hydrogen-bond acceptors (Lipinski definition) is 3. The fourth-order valence-electron chi connectivity index (χ4n) is 1.42. The Hall–Kier alpha value is -2.27. The number of nitrogen functional groups attached to an aromatic ring is 1. The molecule has 3 N–H and O–H groups in total. The van der Waals surface area contributed by atoms with E-state index in [0.717, 1.165) is 6.07 Å². The summed E-state index contributed by atoms with van der Waals surface area (Å²) in [5.74, 6) is -1.23. The number of ether oxygens (including phenoxy) is 1. The van der Waals surface area contributed by atoms with Gasteiger partial charge in [-0.3, -0.25) is 0 Å². The summed E-state index contributed by atoms with van der Waals surface area (Å²) < 4.78 is 18.4. The van der Waals surface area contributed by atoms with Crippen LogP contribution in [0, 0.1) is 5.82 Å². The van der Waals surface area contributed by atoms with Crippen molar-refractivity contribution >= 4 is 23.3 Å². The number of carboxylic acids is 1. The minimum atomic E-state index is -1.10. The van der Waals surface area contributed by atoms with E-state index in [1.165, 1.54) is 30.3 Å².